The highest BCUT2D eigenvalue weighted by atomic mass is 35.5. The van der Waals surface area contributed by atoms with Crippen molar-refractivity contribution in [2.24, 2.45) is 0 Å². The predicted octanol–water partition coefficient (Wildman–Crippen LogP) is 4.57. The first-order valence-electron chi connectivity index (χ1n) is 8.47. The van der Waals surface area contributed by atoms with Gasteiger partial charge in [0.1, 0.15) is 16.4 Å². The zero-order valence-electron chi connectivity index (χ0n) is 14.8. The Bertz CT molecular complexity index is 1050. The Balaban J connectivity index is 1.55. The highest BCUT2D eigenvalue weighted by molar-refractivity contribution is 7.13. The van der Waals surface area contributed by atoms with Crippen LogP contribution in [0.5, 0.6) is 0 Å². The van der Waals surface area contributed by atoms with Crippen LogP contribution in [0.15, 0.2) is 53.9 Å². The van der Waals surface area contributed by atoms with E-state index in [9.17, 15) is 14.0 Å². The van der Waals surface area contributed by atoms with E-state index in [-0.39, 0.29) is 18.3 Å². The first-order valence-corrected chi connectivity index (χ1v) is 9.73. The fourth-order valence-electron chi connectivity index (χ4n) is 3.09. The van der Waals surface area contributed by atoms with Gasteiger partial charge in [-0.1, -0.05) is 23.7 Å². The molecule has 2 aromatic carbocycles. The minimum absolute atomic E-state index is 0.0611. The number of carbonyl (C=O) groups is 2. The fraction of sp³-hybridized carbons (Fsp3) is 0.150. The molecule has 0 bridgehead atoms. The van der Waals surface area contributed by atoms with Gasteiger partial charge in [-0.25, -0.2) is 14.2 Å². The number of nitrogens with one attached hydrogen (secondary N) is 1. The summed E-state index contributed by atoms with van der Waals surface area (Å²) >= 11 is 7.29. The van der Waals surface area contributed by atoms with Crippen LogP contribution in [0.2, 0.25) is 5.02 Å². The lowest BCUT2D eigenvalue weighted by atomic mass is 9.92. The number of nitrogens with zero attached hydrogens (tertiary/aromatic N) is 2. The summed E-state index contributed by atoms with van der Waals surface area (Å²) < 4.78 is 13.1. The molecule has 142 valence electrons. The van der Waals surface area contributed by atoms with Crippen LogP contribution in [0.3, 0.4) is 0 Å². The third-order valence-corrected chi connectivity index (χ3v) is 5.85. The van der Waals surface area contributed by atoms with Gasteiger partial charge >= 0.3 is 6.03 Å². The average molecular weight is 416 g/mol. The maximum atomic E-state index is 13.1. The number of benzene rings is 2. The zero-order valence-corrected chi connectivity index (χ0v) is 16.4. The Labute approximate surface area is 169 Å². The van der Waals surface area contributed by atoms with Gasteiger partial charge in [0.05, 0.1) is 12.2 Å². The van der Waals surface area contributed by atoms with E-state index in [0.29, 0.717) is 21.3 Å². The number of hydrogen-bond donors (Lipinski definition) is 1. The highest BCUT2D eigenvalue weighted by Gasteiger charge is 2.49. The quantitative estimate of drug-likeness (QED) is 0.635. The lowest BCUT2D eigenvalue weighted by Crippen LogP contribution is -2.40. The summed E-state index contributed by atoms with van der Waals surface area (Å²) in [4.78, 5) is 31.1. The first kappa shape index (κ1) is 18.6. The number of amides is 3. The van der Waals surface area contributed by atoms with Crippen molar-refractivity contribution < 1.29 is 14.0 Å². The number of carbonyl (C=O) groups excluding carboxylic acids is 2. The third kappa shape index (κ3) is 3.27. The van der Waals surface area contributed by atoms with Gasteiger partial charge in [-0.15, -0.1) is 11.3 Å². The molecule has 1 unspecified atom stereocenters. The van der Waals surface area contributed by atoms with Crippen LogP contribution in [-0.2, 0) is 16.9 Å². The van der Waals surface area contributed by atoms with Gasteiger partial charge in [-0.2, -0.15) is 0 Å². The monoisotopic (exact) mass is 415 g/mol. The summed E-state index contributed by atoms with van der Waals surface area (Å²) in [7, 11) is 0. The standard InChI is InChI=1S/C20H15ClFN3O2S/c1-20(13-4-6-14(21)7-5-13)18(26)25(19(27)24-20)10-16-11-28-17(23-16)12-2-8-15(22)9-3-12/h2-9,11H,10H2,1H3,(H,24,27). The Morgan fingerprint density at radius 1 is 1.14 bits per heavy atom. The molecule has 28 heavy (non-hydrogen) atoms. The molecule has 0 spiro atoms. The number of aromatic nitrogens is 1. The molecule has 4 rings (SSSR count). The molecule has 3 aromatic rings. The summed E-state index contributed by atoms with van der Waals surface area (Å²) in [6.45, 7) is 1.73. The van der Waals surface area contributed by atoms with Crippen molar-refractivity contribution in [1.82, 2.24) is 15.2 Å². The minimum atomic E-state index is -1.16. The summed E-state index contributed by atoms with van der Waals surface area (Å²) in [6, 6.07) is 12.3. The van der Waals surface area contributed by atoms with E-state index in [1.165, 1.54) is 23.5 Å². The van der Waals surface area contributed by atoms with E-state index < -0.39 is 11.6 Å². The molecule has 1 aliphatic rings. The van der Waals surface area contributed by atoms with Crippen molar-refractivity contribution in [2.75, 3.05) is 0 Å². The second-order valence-corrected chi connectivity index (χ2v) is 7.90. The Kier molecular flexibility index (Phi) is 4.64. The number of imide groups is 1. The normalized spacial score (nSPS) is 19.2. The average Bonchev–Trinajstić information content (AvgIpc) is 3.22. The SMILES string of the molecule is CC1(c2ccc(Cl)cc2)NC(=O)N(Cc2csc(-c3ccc(F)cc3)n2)C1=O. The Morgan fingerprint density at radius 3 is 2.50 bits per heavy atom. The molecule has 1 N–H and O–H groups in total. The number of halogens is 2. The molecule has 1 atom stereocenters. The van der Waals surface area contributed by atoms with Gasteiger partial charge < -0.3 is 5.32 Å². The Morgan fingerprint density at radius 2 is 1.82 bits per heavy atom. The van der Waals surface area contributed by atoms with Crippen LogP contribution in [0.4, 0.5) is 9.18 Å². The van der Waals surface area contributed by atoms with E-state index in [0.717, 1.165) is 10.5 Å². The number of rotatable bonds is 4. The van der Waals surface area contributed by atoms with Crippen molar-refractivity contribution in [3.05, 3.63) is 76.0 Å². The molecule has 1 aromatic heterocycles. The molecule has 3 amide bonds. The summed E-state index contributed by atoms with van der Waals surface area (Å²) in [5.41, 5.74) is 0.870. The van der Waals surface area contributed by atoms with Gasteiger partial charge in [0.15, 0.2) is 0 Å². The second-order valence-electron chi connectivity index (χ2n) is 6.60. The van der Waals surface area contributed by atoms with Crippen molar-refractivity contribution in [2.45, 2.75) is 19.0 Å². The smallest absolute Gasteiger partial charge is 0.319 e. The topological polar surface area (TPSA) is 62.3 Å². The van der Waals surface area contributed by atoms with Gasteiger partial charge in [0, 0.05) is 16.0 Å². The molecule has 1 saturated heterocycles. The maximum Gasteiger partial charge on any atom is 0.325 e. The van der Waals surface area contributed by atoms with E-state index >= 15 is 0 Å². The van der Waals surface area contributed by atoms with Gasteiger partial charge in [0.25, 0.3) is 5.91 Å². The molecule has 1 fully saturated rings. The van der Waals surface area contributed by atoms with E-state index in [4.69, 9.17) is 11.6 Å². The molecule has 1 aliphatic heterocycles. The van der Waals surface area contributed by atoms with Crippen molar-refractivity contribution in [3.8, 4) is 10.6 Å². The first-order chi connectivity index (χ1) is 13.4. The van der Waals surface area contributed by atoms with Crippen LogP contribution in [0.25, 0.3) is 10.6 Å². The Hall–Kier alpha value is -2.77. The number of thiazole rings is 1. The van der Waals surface area contributed by atoms with Crippen LogP contribution in [-0.4, -0.2) is 21.8 Å². The zero-order chi connectivity index (χ0) is 19.9. The summed E-state index contributed by atoms with van der Waals surface area (Å²) in [6.07, 6.45) is 0. The van der Waals surface area contributed by atoms with Crippen LogP contribution in [0.1, 0.15) is 18.2 Å². The van der Waals surface area contributed by atoms with E-state index in [2.05, 4.69) is 10.3 Å². The summed E-state index contributed by atoms with van der Waals surface area (Å²) in [5.74, 6) is -0.669. The van der Waals surface area contributed by atoms with E-state index in [1.807, 2.05) is 0 Å². The maximum absolute atomic E-state index is 13.1. The van der Waals surface area contributed by atoms with Gasteiger partial charge in [0.2, 0.25) is 0 Å². The minimum Gasteiger partial charge on any atom is -0.319 e. The van der Waals surface area contributed by atoms with Crippen LogP contribution >= 0.6 is 22.9 Å². The molecule has 0 aliphatic carbocycles. The molecular formula is C20H15ClFN3O2S. The fourth-order valence-corrected chi connectivity index (χ4v) is 4.03. The third-order valence-electron chi connectivity index (χ3n) is 4.66. The highest BCUT2D eigenvalue weighted by Crippen LogP contribution is 2.31. The van der Waals surface area contributed by atoms with Crippen molar-refractivity contribution >= 4 is 34.9 Å². The molecule has 5 nitrogen and oxygen atoms in total. The van der Waals surface area contributed by atoms with Crippen LogP contribution in [0, 0.1) is 5.82 Å². The van der Waals surface area contributed by atoms with Gasteiger partial charge in [-0.3, -0.25) is 9.69 Å². The molecule has 8 heteroatoms. The molecule has 0 saturated carbocycles. The lowest BCUT2D eigenvalue weighted by molar-refractivity contribution is -0.131. The van der Waals surface area contributed by atoms with E-state index in [1.54, 1.807) is 48.7 Å². The lowest BCUT2D eigenvalue weighted by Gasteiger charge is -2.22. The summed E-state index contributed by atoms with van der Waals surface area (Å²) in [5, 5.41) is 5.80. The molecule has 0 radical (unpaired) electrons. The second kappa shape index (κ2) is 7.00. The predicted molar refractivity (Wildman–Crippen MR) is 105 cm³/mol. The number of hydrogen-bond acceptors (Lipinski definition) is 4. The molecule has 2 heterocycles. The van der Waals surface area contributed by atoms with Crippen LogP contribution < -0.4 is 5.32 Å². The van der Waals surface area contributed by atoms with Crippen molar-refractivity contribution in [1.29, 1.82) is 0 Å². The number of urea groups is 1. The van der Waals surface area contributed by atoms with Crippen molar-refractivity contribution in [3.63, 3.8) is 0 Å². The van der Waals surface area contributed by atoms with Gasteiger partial charge in [-0.05, 0) is 48.9 Å². The largest absolute Gasteiger partial charge is 0.325 e. The molecular weight excluding hydrogens is 401 g/mol.